The molecule has 3 rings (SSSR count). The van der Waals surface area contributed by atoms with Crippen LogP contribution in [0, 0.1) is 6.92 Å². The van der Waals surface area contributed by atoms with Gasteiger partial charge < -0.3 is 14.9 Å². The molecule has 1 atom stereocenters. The van der Waals surface area contributed by atoms with Gasteiger partial charge in [-0.25, -0.2) is 0 Å². The van der Waals surface area contributed by atoms with Crippen LogP contribution in [-0.4, -0.2) is 60.1 Å². The van der Waals surface area contributed by atoms with Gasteiger partial charge in [0, 0.05) is 18.0 Å². The van der Waals surface area contributed by atoms with Crippen LogP contribution in [0.4, 0.5) is 0 Å². The lowest BCUT2D eigenvalue weighted by Gasteiger charge is -2.26. The molecule has 1 aromatic carbocycles. The lowest BCUT2D eigenvalue weighted by atomic mass is 10.0. The zero-order valence-electron chi connectivity index (χ0n) is 14.5. The monoisotopic (exact) mass is 344 g/mol. The number of amides is 1. The van der Waals surface area contributed by atoms with Gasteiger partial charge in [-0.2, -0.15) is 0 Å². The summed E-state index contributed by atoms with van der Waals surface area (Å²) in [6.07, 6.45) is 0.632. The van der Waals surface area contributed by atoms with E-state index in [1.54, 1.807) is 4.90 Å². The number of rotatable bonds is 4. The normalized spacial score (nSPS) is 20.8. The molecule has 2 aromatic rings. The number of β-amino-alcohol motifs (C(OH)–C–C–N with tert-alkyl or cyclic N) is 1. The lowest BCUT2D eigenvalue weighted by molar-refractivity contribution is 0.0237. The van der Waals surface area contributed by atoms with Gasteiger partial charge in [-0.05, 0) is 44.6 Å². The van der Waals surface area contributed by atoms with E-state index in [-0.39, 0.29) is 5.91 Å². The molecule has 1 aromatic heterocycles. The topological polar surface area (TPSA) is 43.8 Å². The number of hydrogen-bond acceptors (Lipinski definition) is 4. The molecule has 24 heavy (non-hydrogen) atoms. The third-order valence-corrected chi connectivity index (χ3v) is 5.67. The molecule has 0 radical (unpaired) electrons. The number of carbonyl (C=O) groups excluding carboxylic acids is 1. The molecular weight excluding hydrogens is 320 g/mol. The van der Waals surface area contributed by atoms with Gasteiger partial charge in [0.1, 0.15) is 0 Å². The molecule has 1 aliphatic heterocycles. The largest absolute Gasteiger partial charge is 0.387 e. The molecule has 5 heteroatoms. The summed E-state index contributed by atoms with van der Waals surface area (Å²) < 4.78 is 0. The number of benzene rings is 1. The molecule has 1 amide bonds. The molecule has 1 fully saturated rings. The first-order valence-electron chi connectivity index (χ1n) is 8.20. The van der Waals surface area contributed by atoms with E-state index in [1.165, 1.54) is 11.3 Å². The van der Waals surface area contributed by atoms with Crippen molar-refractivity contribution in [2.24, 2.45) is 0 Å². The summed E-state index contributed by atoms with van der Waals surface area (Å²) in [5.74, 6) is 0.0277. The molecule has 1 aliphatic rings. The second-order valence-electron chi connectivity index (χ2n) is 6.93. The van der Waals surface area contributed by atoms with Gasteiger partial charge >= 0.3 is 0 Å². The zero-order valence-corrected chi connectivity index (χ0v) is 15.3. The third kappa shape index (κ3) is 3.53. The fourth-order valence-electron chi connectivity index (χ4n) is 3.37. The summed E-state index contributed by atoms with van der Waals surface area (Å²) in [5.41, 5.74) is 1.47. The molecule has 1 N–H and O–H groups in total. The van der Waals surface area contributed by atoms with Crippen molar-refractivity contribution in [3.05, 3.63) is 46.8 Å². The summed E-state index contributed by atoms with van der Waals surface area (Å²) in [6.45, 7) is 3.64. The SMILES string of the molecule is Cc1cc(C(=O)N2CC[C@](O)(CN(C)C)C2)sc1-c1ccccc1. The Morgan fingerprint density at radius 3 is 2.71 bits per heavy atom. The highest BCUT2D eigenvalue weighted by atomic mass is 32.1. The molecule has 2 heterocycles. The van der Waals surface area contributed by atoms with E-state index in [9.17, 15) is 9.90 Å². The highest BCUT2D eigenvalue weighted by Crippen LogP contribution is 2.34. The molecular formula is C19H24N2O2S. The van der Waals surface area contributed by atoms with Crippen LogP contribution in [-0.2, 0) is 0 Å². The Morgan fingerprint density at radius 1 is 1.33 bits per heavy atom. The number of aryl methyl sites for hydroxylation is 1. The lowest BCUT2D eigenvalue weighted by Crippen LogP contribution is -2.43. The van der Waals surface area contributed by atoms with Crippen LogP contribution in [0.3, 0.4) is 0 Å². The number of likely N-dealkylation sites (tertiary alicyclic amines) is 1. The fourth-order valence-corrected chi connectivity index (χ4v) is 4.51. The van der Waals surface area contributed by atoms with E-state index in [4.69, 9.17) is 0 Å². The van der Waals surface area contributed by atoms with E-state index in [0.29, 0.717) is 26.1 Å². The first-order valence-corrected chi connectivity index (χ1v) is 9.02. The fraction of sp³-hybridized carbons (Fsp3) is 0.421. The Kier molecular flexibility index (Phi) is 4.76. The summed E-state index contributed by atoms with van der Waals surface area (Å²) >= 11 is 1.54. The van der Waals surface area contributed by atoms with Crippen LogP contribution in [0.25, 0.3) is 10.4 Å². The van der Waals surface area contributed by atoms with Crippen LogP contribution in [0.5, 0.6) is 0 Å². The van der Waals surface area contributed by atoms with Crippen LogP contribution in [0.1, 0.15) is 21.7 Å². The van der Waals surface area contributed by atoms with Gasteiger partial charge in [-0.3, -0.25) is 4.79 Å². The van der Waals surface area contributed by atoms with Crippen LogP contribution in [0.15, 0.2) is 36.4 Å². The van der Waals surface area contributed by atoms with Gasteiger partial charge in [0.2, 0.25) is 0 Å². The minimum Gasteiger partial charge on any atom is -0.387 e. The number of nitrogens with zero attached hydrogens (tertiary/aromatic N) is 2. The molecule has 0 bridgehead atoms. The van der Waals surface area contributed by atoms with Crippen molar-refractivity contribution in [2.45, 2.75) is 18.9 Å². The van der Waals surface area contributed by atoms with Gasteiger partial charge in [-0.15, -0.1) is 11.3 Å². The van der Waals surface area contributed by atoms with E-state index in [0.717, 1.165) is 20.9 Å². The Hall–Kier alpha value is -1.69. The van der Waals surface area contributed by atoms with Crippen LogP contribution >= 0.6 is 11.3 Å². The Bertz CT molecular complexity index is 726. The van der Waals surface area contributed by atoms with E-state index >= 15 is 0 Å². The van der Waals surface area contributed by atoms with Crippen molar-refractivity contribution in [3.63, 3.8) is 0 Å². The molecule has 0 unspecified atom stereocenters. The zero-order chi connectivity index (χ0) is 17.3. The third-order valence-electron chi connectivity index (χ3n) is 4.39. The first kappa shape index (κ1) is 17.1. The van der Waals surface area contributed by atoms with Crippen molar-refractivity contribution in [1.82, 2.24) is 9.80 Å². The molecule has 1 saturated heterocycles. The number of hydrogen-bond donors (Lipinski definition) is 1. The average Bonchev–Trinajstić information content (AvgIpc) is 3.10. The van der Waals surface area contributed by atoms with Crippen molar-refractivity contribution < 1.29 is 9.90 Å². The maximum absolute atomic E-state index is 12.8. The van der Waals surface area contributed by atoms with E-state index in [1.807, 2.05) is 50.2 Å². The van der Waals surface area contributed by atoms with Gasteiger partial charge in [-0.1, -0.05) is 30.3 Å². The Labute approximate surface area is 147 Å². The quantitative estimate of drug-likeness (QED) is 0.927. The smallest absolute Gasteiger partial charge is 0.264 e. The minimum absolute atomic E-state index is 0.0277. The highest BCUT2D eigenvalue weighted by molar-refractivity contribution is 7.17. The van der Waals surface area contributed by atoms with Crippen molar-refractivity contribution in [3.8, 4) is 10.4 Å². The maximum atomic E-state index is 12.8. The van der Waals surface area contributed by atoms with E-state index < -0.39 is 5.60 Å². The molecule has 0 aliphatic carbocycles. The van der Waals surface area contributed by atoms with Gasteiger partial charge in [0.25, 0.3) is 5.91 Å². The van der Waals surface area contributed by atoms with Crippen LogP contribution < -0.4 is 0 Å². The summed E-state index contributed by atoms with van der Waals surface area (Å²) in [6, 6.07) is 12.1. The number of aliphatic hydroxyl groups is 1. The number of likely N-dealkylation sites (N-methyl/N-ethyl adjacent to an activating group) is 1. The predicted molar refractivity (Wildman–Crippen MR) is 98.5 cm³/mol. The van der Waals surface area contributed by atoms with Gasteiger partial charge in [0.15, 0.2) is 0 Å². The standard InChI is InChI=1S/C19H24N2O2S/c1-14-11-16(24-17(14)15-7-5-4-6-8-15)18(22)21-10-9-19(23,13-21)12-20(2)3/h4-8,11,23H,9-10,12-13H2,1-3H3/t19-/m0/s1. The Morgan fingerprint density at radius 2 is 2.04 bits per heavy atom. The van der Waals surface area contributed by atoms with E-state index in [2.05, 4.69) is 12.1 Å². The van der Waals surface area contributed by atoms with Gasteiger partial charge in [0.05, 0.1) is 17.0 Å². The number of thiophene rings is 1. The molecule has 4 nitrogen and oxygen atoms in total. The summed E-state index contributed by atoms with van der Waals surface area (Å²) in [7, 11) is 3.88. The van der Waals surface area contributed by atoms with Crippen molar-refractivity contribution >= 4 is 17.2 Å². The average molecular weight is 344 g/mol. The second-order valence-corrected chi connectivity index (χ2v) is 7.98. The second kappa shape index (κ2) is 6.67. The first-order chi connectivity index (χ1) is 11.4. The predicted octanol–water partition coefficient (Wildman–Crippen LogP) is 2.86. The van der Waals surface area contributed by atoms with Crippen LogP contribution in [0.2, 0.25) is 0 Å². The van der Waals surface area contributed by atoms with Crippen molar-refractivity contribution in [2.75, 3.05) is 33.7 Å². The molecule has 128 valence electrons. The maximum Gasteiger partial charge on any atom is 0.264 e. The minimum atomic E-state index is -0.798. The Balaban J connectivity index is 1.77. The summed E-state index contributed by atoms with van der Waals surface area (Å²) in [4.78, 5) is 18.5. The molecule has 0 spiro atoms. The highest BCUT2D eigenvalue weighted by Gasteiger charge is 2.39. The number of carbonyl (C=O) groups is 1. The molecule has 0 saturated carbocycles. The summed E-state index contributed by atoms with van der Waals surface area (Å²) in [5, 5.41) is 10.6. The van der Waals surface area contributed by atoms with Crippen molar-refractivity contribution in [1.29, 1.82) is 0 Å².